The number of unbranched alkanes of at least 4 members (excludes halogenated alkanes) is 9. The molecule has 1 aromatic rings. The number of benzene rings is 1. The van der Waals surface area contributed by atoms with Gasteiger partial charge in [-0.1, -0.05) is 71.1 Å². The first kappa shape index (κ1) is 25.9. The third-order valence-corrected chi connectivity index (χ3v) is 5.63. The van der Waals surface area contributed by atoms with Crippen molar-refractivity contribution in [2.45, 2.75) is 84.0 Å². The minimum absolute atomic E-state index is 0.0575. The molecule has 0 fully saturated rings. The Morgan fingerprint density at radius 1 is 1.10 bits per heavy atom. The molecule has 1 atom stereocenters. The Balaban J connectivity index is 2.48. The van der Waals surface area contributed by atoms with Crippen LogP contribution in [0.1, 0.15) is 84.0 Å². The topological polar surface area (TPSA) is 109 Å². The molecule has 0 saturated heterocycles. The van der Waals surface area contributed by atoms with Crippen molar-refractivity contribution in [1.29, 1.82) is 0 Å². The van der Waals surface area contributed by atoms with Gasteiger partial charge in [-0.25, -0.2) is 4.39 Å². The van der Waals surface area contributed by atoms with E-state index in [1.54, 1.807) is 0 Å². The van der Waals surface area contributed by atoms with E-state index in [0.29, 0.717) is 6.42 Å². The van der Waals surface area contributed by atoms with Crippen molar-refractivity contribution in [3.05, 3.63) is 17.9 Å². The second-order valence-electron chi connectivity index (χ2n) is 7.71. The van der Waals surface area contributed by atoms with E-state index >= 15 is 0 Å². The summed E-state index contributed by atoms with van der Waals surface area (Å²) < 4.78 is 35.7. The quantitative estimate of drug-likeness (QED) is 0.152. The van der Waals surface area contributed by atoms with Gasteiger partial charge in [0.1, 0.15) is 11.6 Å². The molecular weight excluding hydrogens is 407 g/mol. The van der Waals surface area contributed by atoms with Crippen LogP contribution < -0.4 is 11.1 Å². The summed E-state index contributed by atoms with van der Waals surface area (Å²) in [6, 6.07) is 1.98. The van der Waals surface area contributed by atoms with E-state index in [9.17, 15) is 22.7 Å². The van der Waals surface area contributed by atoms with Gasteiger partial charge in [0.05, 0.1) is 11.4 Å². The normalized spacial score (nSPS) is 11.8. The summed E-state index contributed by atoms with van der Waals surface area (Å²) in [5.41, 5.74) is 5.13. The molecule has 1 unspecified atom stereocenters. The van der Waals surface area contributed by atoms with Gasteiger partial charge in [0.15, 0.2) is 0 Å². The van der Waals surface area contributed by atoms with Crippen LogP contribution >= 0.6 is 0 Å². The minimum atomic E-state index is -2.36. The van der Waals surface area contributed by atoms with Gasteiger partial charge in [-0.3, -0.25) is 4.79 Å². The molecule has 0 saturated carbocycles. The Bertz CT molecular complexity index is 789. The maximum atomic E-state index is 14.0. The fraction of sp³-hybridized carbons (Fsp3) is 0.636. The Kier molecular flexibility index (Phi) is 12.8. The summed E-state index contributed by atoms with van der Waals surface area (Å²) in [7, 11) is -2.36. The second kappa shape index (κ2) is 14.8. The summed E-state index contributed by atoms with van der Waals surface area (Å²) in [6.45, 7) is 2.20. The molecule has 0 aliphatic heterocycles. The van der Waals surface area contributed by atoms with Crippen LogP contribution in [0.2, 0.25) is 0 Å². The van der Waals surface area contributed by atoms with Crippen molar-refractivity contribution in [1.82, 2.24) is 0 Å². The number of phenolic OH excluding ortho intramolecular Hbond substituents is 1. The molecule has 8 heteroatoms. The highest BCUT2D eigenvalue weighted by atomic mass is 32.2. The van der Waals surface area contributed by atoms with Crippen molar-refractivity contribution in [3.63, 3.8) is 0 Å². The Hall–Kier alpha value is -2.09. The maximum Gasteiger partial charge on any atom is 0.227 e. The van der Waals surface area contributed by atoms with E-state index in [0.717, 1.165) is 43.2 Å². The highest BCUT2D eigenvalue weighted by Gasteiger charge is 2.19. The molecule has 1 amide bonds. The zero-order valence-electron chi connectivity index (χ0n) is 17.8. The molecule has 1 rings (SSSR count). The maximum absolute atomic E-state index is 14.0. The number of hydrogen-bond donors (Lipinski definition) is 3. The van der Waals surface area contributed by atoms with Gasteiger partial charge < -0.3 is 16.2 Å². The Morgan fingerprint density at radius 3 is 2.23 bits per heavy atom. The first-order chi connectivity index (χ1) is 14.3. The van der Waals surface area contributed by atoms with Gasteiger partial charge in [-0.2, -0.15) is 8.42 Å². The van der Waals surface area contributed by atoms with Crippen LogP contribution in [0, 0.1) is 11.7 Å². The number of amides is 1. The number of carbonyl (C=O) groups is 1. The van der Waals surface area contributed by atoms with Crippen molar-refractivity contribution in [3.8, 4) is 5.75 Å². The fourth-order valence-corrected chi connectivity index (χ4v) is 3.73. The number of nitrogen functional groups attached to an aromatic ring is 1. The largest absolute Gasteiger partial charge is 0.506 e. The molecule has 0 aliphatic rings. The number of anilines is 2. The number of aromatic hydroxyl groups is 1. The van der Waals surface area contributed by atoms with Gasteiger partial charge in [0.25, 0.3) is 0 Å². The van der Waals surface area contributed by atoms with Crippen LogP contribution in [0.25, 0.3) is 0 Å². The summed E-state index contributed by atoms with van der Waals surface area (Å²) in [5.74, 6) is -2.15. The lowest BCUT2D eigenvalue weighted by Crippen LogP contribution is -2.24. The molecule has 6 nitrogen and oxygen atoms in total. The average molecular weight is 443 g/mol. The first-order valence-corrected chi connectivity index (χ1v) is 12.0. The summed E-state index contributed by atoms with van der Waals surface area (Å²) in [5, 5.41) is 13.1. The number of nitrogens with two attached hydrogens (primary N) is 1. The van der Waals surface area contributed by atoms with Crippen LogP contribution in [0.4, 0.5) is 15.8 Å². The summed E-state index contributed by atoms with van der Waals surface area (Å²) >= 11 is 0. The predicted octanol–water partition coefficient (Wildman–Crippen LogP) is 5.05. The Labute approximate surface area is 180 Å². The highest BCUT2D eigenvalue weighted by Crippen LogP contribution is 2.28. The van der Waals surface area contributed by atoms with E-state index in [1.807, 2.05) is 0 Å². The molecule has 4 N–H and O–H groups in total. The average Bonchev–Trinajstić information content (AvgIpc) is 2.69. The number of halogens is 1. The SMILES string of the molecule is CCCCCCCCCCCCC(CC=S(=O)=O)C(=O)Nc1cc(O)c(N)cc1F. The molecule has 1 aromatic carbocycles. The van der Waals surface area contributed by atoms with Crippen molar-refractivity contribution >= 4 is 32.9 Å². The van der Waals surface area contributed by atoms with Crippen LogP contribution in [0.3, 0.4) is 0 Å². The van der Waals surface area contributed by atoms with Crippen LogP contribution in [0.5, 0.6) is 5.75 Å². The first-order valence-electron chi connectivity index (χ1n) is 10.8. The summed E-state index contributed by atoms with van der Waals surface area (Å²) in [4.78, 5) is 12.6. The molecule has 170 valence electrons. The van der Waals surface area contributed by atoms with Crippen molar-refractivity contribution in [2.24, 2.45) is 5.92 Å². The third kappa shape index (κ3) is 10.6. The lowest BCUT2D eigenvalue weighted by Gasteiger charge is -2.16. The molecule has 0 bridgehead atoms. The number of nitrogens with one attached hydrogen (secondary N) is 1. The number of hydrogen-bond acceptors (Lipinski definition) is 5. The molecule has 0 heterocycles. The molecule has 30 heavy (non-hydrogen) atoms. The highest BCUT2D eigenvalue weighted by molar-refractivity contribution is 7.71. The van der Waals surface area contributed by atoms with E-state index < -0.39 is 27.9 Å². The molecule has 0 aromatic heterocycles. The van der Waals surface area contributed by atoms with E-state index in [4.69, 9.17) is 5.73 Å². The van der Waals surface area contributed by atoms with E-state index in [1.165, 1.54) is 38.5 Å². The lowest BCUT2D eigenvalue weighted by molar-refractivity contribution is -0.119. The zero-order chi connectivity index (χ0) is 22.4. The number of carbonyl (C=O) groups excluding carboxylic acids is 1. The lowest BCUT2D eigenvalue weighted by atomic mass is 9.96. The minimum Gasteiger partial charge on any atom is -0.506 e. The van der Waals surface area contributed by atoms with E-state index in [-0.39, 0.29) is 23.5 Å². The van der Waals surface area contributed by atoms with E-state index in [2.05, 4.69) is 12.2 Å². The molecule has 0 radical (unpaired) electrons. The van der Waals surface area contributed by atoms with Crippen LogP contribution in [0.15, 0.2) is 12.1 Å². The zero-order valence-corrected chi connectivity index (χ0v) is 18.6. The number of phenols is 1. The van der Waals surface area contributed by atoms with Gasteiger partial charge >= 0.3 is 0 Å². The molecule has 0 aliphatic carbocycles. The molecule has 0 spiro atoms. The van der Waals surface area contributed by atoms with Crippen LogP contribution in [-0.4, -0.2) is 24.8 Å². The standard InChI is InChI=1S/C22H35FN2O4S/c1-2-3-4-5-6-7-8-9-10-11-12-17(13-14-30(28)29)22(27)25-20-16-21(26)19(24)15-18(20)23/h14-17,26H,2-13,24H2,1H3,(H,25,27). The third-order valence-electron chi connectivity index (χ3n) is 5.17. The second-order valence-corrected chi connectivity index (χ2v) is 8.56. The number of rotatable bonds is 15. The van der Waals surface area contributed by atoms with Crippen LogP contribution in [-0.2, 0) is 15.1 Å². The molecular formula is C22H35FN2O4S. The smallest absolute Gasteiger partial charge is 0.227 e. The van der Waals surface area contributed by atoms with Gasteiger partial charge in [-0.05, 0) is 12.8 Å². The summed E-state index contributed by atoms with van der Waals surface area (Å²) in [6.07, 6.45) is 12.2. The fourth-order valence-electron chi connectivity index (χ4n) is 3.34. The monoisotopic (exact) mass is 442 g/mol. The van der Waals surface area contributed by atoms with Gasteiger partial charge in [-0.15, -0.1) is 0 Å². The van der Waals surface area contributed by atoms with Crippen molar-refractivity contribution < 1.29 is 22.7 Å². The predicted molar refractivity (Wildman–Crippen MR) is 121 cm³/mol. The van der Waals surface area contributed by atoms with Crippen molar-refractivity contribution in [2.75, 3.05) is 11.1 Å². The Morgan fingerprint density at radius 2 is 1.67 bits per heavy atom. The van der Waals surface area contributed by atoms with Gasteiger partial charge in [0, 0.05) is 23.4 Å². The van der Waals surface area contributed by atoms with Gasteiger partial charge in [0.2, 0.25) is 16.2 Å².